The van der Waals surface area contributed by atoms with Gasteiger partial charge < -0.3 is 9.64 Å². The van der Waals surface area contributed by atoms with Gasteiger partial charge in [-0.05, 0) is 37.0 Å². The van der Waals surface area contributed by atoms with Crippen LogP contribution in [0.15, 0.2) is 42.9 Å². The summed E-state index contributed by atoms with van der Waals surface area (Å²) in [6.45, 7) is 2.32. The SMILES string of the molecule is N#Cc1cnn2cc(-c3cccc(C(=O)N4CCC5(CCO5)CC4)c3)cnc12. The normalized spacial score (nSPS) is 18.0. The van der Waals surface area contributed by atoms with Gasteiger partial charge in [0.2, 0.25) is 0 Å². The van der Waals surface area contributed by atoms with E-state index in [4.69, 9.17) is 10.00 Å². The molecule has 7 nitrogen and oxygen atoms in total. The molecule has 0 aliphatic carbocycles. The molecule has 2 fully saturated rings. The van der Waals surface area contributed by atoms with Crippen LogP contribution in [0.25, 0.3) is 16.8 Å². The molecule has 0 unspecified atom stereocenters. The number of piperidine rings is 1. The number of benzene rings is 1. The number of hydrogen-bond acceptors (Lipinski definition) is 5. The molecule has 4 heterocycles. The third-order valence-corrected chi connectivity index (χ3v) is 5.85. The molecule has 5 rings (SSSR count). The molecule has 3 aromatic rings. The largest absolute Gasteiger partial charge is 0.375 e. The van der Waals surface area contributed by atoms with E-state index in [-0.39, 0.29) is 11.5 Å². The summed E-state index contributed by atoms with van der Waals surface area (Å²) in [5.74, 6) is 0.0518. The quantitative estimate of drug-likeness (QED) is 0.690. The third-order valence-electron chi connectivity index (χ3n) is 5.85. The van der Waals surface area contributed by atoms with Gasteiger partial charge in [-0.25, -0.2) is 9.50 Å². The van der Waals surface area contributed by atoms with Crippen LogP contribution in [0.5, 0.6) is 0 Å². The predicted molar refractivity (Wildman–Crippen MR) is 102 cm³/mol. The average molecular weight is 373 g/mol. The molecule has 0 saturated carbocycles. The fraction of sp³-hybridized carbons (Fsp3) is 0.333. The predicted octanol–water partition coefficient (Wildman–Crippen LogP) is 2.66. The lowest BCUT2D eigenvalue weighted by Crippen LogP contribution is -2.53. The zero-order chi connectivity index (χ0) is 19.1. The summed E-state index contributed by atoms with van der Waals surface area (Å²) in [7, 11) is 0. The summed E-state index contributed by atoms with van der Waals surface area (Å²) in [5, 5.41) is 13.3. The van der Waals surface area contributed by atoms with Gasteiger partial charge in [-0.2, -0.15) is 10.4 Å². The number of hydrogen-bond donors (Lipinski definition) is 0. The summed E-state index contributed by atoms with van der Waals surface area (Å²) in [6.07, 6.45) is 7.98. The Morgan fingerprint density at radius 3 is 2.71 bits per heavy atom. The van der Waals surface area contributed by atoms with Crippen LogP contribution in [-0.4, -0.2) is 50.7 Å². The maximum atomic E-state index is 13.0. The lowest BCUT2D eigenvalue weighted by atomic mass is 9.84. The molecule has 1 spiro atoms. The van der Waals surface area contributed by atoms with Crippen molar-refractivity contribution in [1.29, 1.82) is 5.26 Å². The molecule has 2 aliphatic heterocycles. The van der Waals surface area contributed by atoms with Crippen LogP contribution >= 0.6 is 0 Å². The minimum atomic E-state index is 0.0335. The van der Waals surface area contributed by atoms with Crippen molar-refractivity contribution in [3.05, 3.63) is 54.0 Å². The maximum Gasteiger partial charge on any atom is 0.253 e. The van der Waals surface area contributed by atoms with E-state index in [1.54, 1.807) is 10.7 Å². The van der Waals surface area contributed by atoms with Gasteiger partial charge >= 0.3 is 0 Å². The van der Waals surface area contributed by atoms with Crippen molar-refractivity contribution in [3.63, 3.8) is 0 Å². The van der Waals surface area contributed by atoms with Crippen LogP contribution in [0, 0.1) is 11.3 Å². The highest BCUT2D eigenvalue weighted by atomic mass is 16.5. The van der Waals surface area contributed by atoms with Crippen LogP contribution < -0.4 is 0 Å². The van der Waals surface area contributed by atoms with E-state index in [2.05, 4.69) is 16.2 Å². The molecular weight excluding hydrogens is 354 g/mol. The zero-order valence-corrected chi connectivity index (χ0v) is 15.3. The number of fused-ring (bicyclic) bond motifs is 1. The molecule has 140 valence electrons. The average Bonchev–Trinajstić information content (AvgIpc) is 3.14. The molecule has 0 N–H and O–H groups in total. The van der Waals surface area contributed by atoms with Gasteiger partial charge in [-0.3, -0.25) is 4.79 Å². The first kappa shape index (κ1) is 16.9. The van der Waals surface area contributed by atoms with Crippen LogP contribution in [0.3, 0.4) is 0 Å². The van der Waals surface area contributed by atoms with Crippen LogP contribution in [0.4, 0.5) is 0 Å². The van der Waals surface area contributed by atoms with Gasteiger partial charge in [0.1, 0.15) is 11.6 Å². The lowest BCUT2D eigenvalue weighted by Gasteiger charge is -2.47. The Labute approximate surface area is 162 Å². The molecule has 7 heteroatoms. The molecule has 2 aromatic heterocycles. The van der Waals surface area contributed by atoms with E-state index in [1.807, 2.05) is 35.4 Å². The monoisotopic (exact) mass is 373 g/mol. The highest BCUT2D eigenvalue weighted by Crippen LogP contribution is 2.37. The number of ether oxygens (including phenoxy) is 1. The van der Waals surface area contributed by atoms with Gasteiger partial charge in [0.05, 0.1) is 18.4 Å². The van der Waals surface area contributed by atoms with E-state index in [0.717, 1.165) is 50.1 Å². The zero-order valence-electron chi connectivity index (χ0n) is 15.3. The maximum absolute atomic E-state index is 13.0. The number of amides is 1. The van der Waals surface area contributed by atoms with E-state index < -0.39 is 0 Å². The number of carbonyl (C=O) groups excluding carboxylic acids is 1. The van der Waals surface area contributed by atoms with Crippen molar-refractivity contribution in [3.8, 4) is 17.2 Å². The van der Waals surface area contributed by atoms with Gasteiger partial charge in [0.15, 0.2) is 5.65 Å². The molecule has 2 aliphatic rings. The Kier molecular flexibility index (Phi) is 3.88. The van der Waals surface area contributed by atoms with E-state index in [9.17, 15) is 4.79 Å². The molecule has 0 atom stereocenters. The fourth-order valence-corrected chi connectivity index (χ4v) is 4.02. The van der Waals surface area contributed by atoms with Crippen LogP contribution in [-0.2, 0) is 4.74 Å². The second-order valence-electron chi connectivity index (χ2n) is 7.44. The first-order valence-corrected chi connectivity index (χ1v) is 9.45. The highest BCUT2D eigenvalue weighted by Gasteiger charge is 2.42. The fourth-order valence-electron chi connectivity index (χ4n) is 4.02. The van der Waals surface area contributed by atoms with Gasteiger partial charge in [0, 0.05) is 36.6 Å². The first-order valence-electron chi connectivity index (χ1n) is 9.45. The topological polar surface area (TPSA) is 83.5 Å². The van der Waals surface area contributed by atoms with Gasteiger partial charge in [0.25, 0.3) is 5.91 Å². The molecule has 2 saturated heterocycles. The minimum absolute atomic E-state index is 0.0335. The Bertz CT molecular complexity index is 1100. The van der Waals surface area contributed by atoms with Crippen molar-refractivity contribution >= 4 is 11.6 Å². The van der Waals surface area contributed by atoms with Crippen LogP contribution in [0.1, 0.15) is 35.2 Å². The summed E-state index contributed by atoms with van der Waals surface area (Å²) in [6, 6.07) is 9.65. The van der Waals surface area contributed by atoms with Crippen molar-refractivity contribution in [2.45, 2.75) is 24.9 Å². The summed E-state index contributed by atoms with van der Waals surface area (Å²) < 4.78 is 7.33. The second kappa shape index (κ2) is 6.43. The van der Waals surface area contributed by atoms with Gasteiger partial charge in [-0.1, -0.05) is 12.1 Å². The molecule has 28 heavy (non-hydrogen) atoms. The highest BCUT2D eigenvalue weighted by molar-refractivity contribution is 5.95. The van der Waals surface area contributed by atoms with Crippen LogP contribution in [0.2, 0.25) is 0 Å². The first-order chi connectivity index (χ1) is 13.7. The van der Waals surface area contributed by atoms with Crippen molar-refractivity contribution in [2.24, 2.45) is 0 Å². The van der Waals surface area contributed by atoms with E-state index >= 15 is 0 Å². The summed E-state index contributed by atoms with van der Waals surface area (Å²) in [5.41, 5.74) is 3.40. The van der Waals surface area contributed by atoms with E-state index in [0.29, 0.717) is 16.8 Å². The Morgan fingerprint density at radius 1 is 1.18 bits per heavy atom. The number of likely N-dealkylation sites (tertiary alicyclic amines) is 1. The molecule has 1 aromatic carbocycles. The van der Waals surface area contributed by atoms with Crippen molar-refractivity contribution in [1.82, 2.24) is 19.5 Å². The molecule has 0 radical (unpaired) electrons. The lowest BCUT2D eigenvalue weighted by molar-refractivity contribution is -0.169. The Balaban J connectivity index is 1.39. The molecule has 1 amide bonds. The molecule has 0 bridgehead atoms. The minimum Gasteiger partial charge on any atom is -0.375 e. The van der Waals surface area contributed by atoms with Gasteiger partial charge in [-0.15, -0.1) is 0 Å². The Morgan fingerprint density at radius 2 is 2.00 bits per heavy atom. The van der Waals surface area contributed by atoms with E-state index in [1.165, 1.54) is 6.20 Å². The number of aromatic nitrogens is 3. The second-order valence-corrected chi connectivity index (χ2v) is 7.44. The Hall–Kier alpha value is -3.24. The van der Waals surface area contributed by atoms with Crippen molar-refractivity contribution in [2.75, 3.05) is 19.7 Å². The van der Waals surface area contributed by atoms with Crippen molar-refractivity contribution < 1.29 is 9.53 Å². The number of nitrogens with zero attached hydrogens (tertiary/aromatic N) is 5. The summed E-state index contributed by atoms with van der Waals surface area (Å²) in [4.78, 5) is 19.2. The third kappa shape index (κ3) is 2.74. The summed E-state index contributed by atoms with van der Waals surface area (Å²) >= 11 is 0. The smallest absolute Gasteiger partial charge is 0.253 e. The number of nitriles is 1. The molecular formula is C21H19N5O2. The standard InChI is InChI=1S/C21H19N5O2/c22-11-17-13-24-26-14-18(12-23-19(17)26)15-2-1-3-16(10-15)20(27)25-7-4-21(5-8-25)6-9-28-21/h1-3,10,12-14H,4-9H2. The number of rotatable bonds is 2. The number of carbonyl (C=O) groups is 1.